The van der Waals surface area contributed by atoms with E-state index in [1.165, 1.54) is 10.1 Å². The molecule has 0 unspecified atom stereocenters. The summed E-state index contributed by atoms with van der Waals surface area (Å²) in [6.45, 7) is 5.34. The van der Waals surface area contributed by atoms with E-state index in [1.807, 2.05) is 10.6 Å². The first-order valence-corrected chi connectivity index (χ1v) is 9.99. The molecule has 7 nitrogen and oxygen atoms in total. The Balaban J connectivity index is 1.44. The second-order valence-corrected chi connectivity index (χ2v) is 7.41. The number of hydrogen-bond donors (Lipinski definition) is 1. The Morgan fingerprint density at radius 2 is 2.00 bits per heavy atom. The summed E-state index contributed by atoms with van der Waals surface area (Å²) in [7, 11) is 0. The van der Waals surface area contributed by atoms with Gasteiger partial charge in [-0.25, -0.2) is 0 Å². The first kappa shape index (κ1) is 16.6. The molecule has 1 aromatic carbocycles. The highest BCUT2D eigenvalue weighted by Crippen LogP contribution is 2.33. The van der Waals surface area contributed by atoms with Gasteiger partial charge in [0.25, 0.3) is 0 Å². The van der Waals surface area contributed by atoms with Gasteiger partial charge in [0.15, 0.2) is 11.5 Å². The Labute approximate surface area is 160 Å². The van der Waals surface area contributed by atoms with Crippen LogP contribution >= 0.6 is 11.3 Å². The third-order valence-electron chi connectivity index (χ3n) is 4.79. The molecule has 0 spiro atoms. The summed E-state index contributed by atoms with van der Waals surface area (Å²) in [6.07, 6.45) is 1.76. The number of thiophene rings is 1. The minimum atomic E-state index is 0.640. The van der Waals surface area contributed by atoms with E-state index in [2.05, 4.69) is 49.9 Å². The summed E-state index contributed by atoms with van der Waals surface area (Å²) < 4.78 is 8.45. The molecular weight excluding hydrogens is 360 g/mol. The Hall–Kier alpha value is -2.55. The van der Waals surface area contributed by atoms with Crippen molar-refractivity contribution >= 4 is 33.0 Å². The Kier molecular flexibility index (Phi) is 4.44. The van der Waals surface area contributed by atoms with Gasteiger partial charge in [0.2, 0.25) is 5.95 Å². The molecule has 0 saturated carbocycles. The predicted octanol–water partition coefficient (Wildman–Crippen LogP) is 2.75. The van der Waals surface area contributed by atoms with Crippen LogP contribution in [0.1, 0.15) is 0 Å². The van der Waals surface area contributed by atoms with Crippen molar-refractivity contribution in [3.63, 3.8) is 0 Å². The maximum atomic E-state index is 5.40. The second-order valence-electron chi connectivity index (χ2n) is 6.50. The summed E-state index contributed by atoms with van der Waals surface area (Å²) in [5.74, 6) is 1.46. The highest BCUT2D eigenvalue weighted by atomic mass is 32.1. The Morgan fingerprint density at radius 1 is 1.11 bits per heavy atom. The maximum Gasteiger partial charge on any atom is 0.226 e. The standard InChI is InChI=1S/C19H20N6OS/c1-2-4-16-14(3-1)15(13-27-16)18-23-19(22-17-5-6-21-25(17)18)20-7-8-24-9-11-26-12-10-24/h1-6,13H,7-12H2,(H,20,22). The zero-order valence-corrected chi connectivity index (χ0v) is 15.7. The van der Waals surface area contributed by atoms with Crippen LogP contribution in [0.4, 0.5) is 5.95 Å². The molecule has 4 heterocycles. The fraction of sp³-hybridized carbons (Fsp3) is 0.316. The minimum absolute atomic E-state index is 0.640. The molecule has 1 saturated heterocycles. The van der Waals surface area contributed by atoms with Gasteiger partial charge in [0.05, 0.1) is 19.4 Å². The predicted molar refractivity (Wildman–Crippen MR) is 107 cm³/mol. The Morgan fingerprint density at radius 3 is 2.93 bits per heavy atom. The fourth-order valence-electron chi connectivity index (χ4n) is 3.38. The van der Waals surface area contributed by atoms with E-state index in [9.17, 15) is 0 Å². The number of ether oxygens (including phenoxy) is 1. The molecule has 138 valence electrons. The SMILES string of the molecule is c1ccc2c(-c3nc(NCCN4CCOCC4)nc4ccnn34)csc2c1. The highest BCUT2D eigenvalue weighted by molar-refractivity contribution is 7.17. The third kappa shape index (κ3) is 3.27. The van der Waals surface area contributed by atoms with Gasteiger partial charge in [-0.15, -0.1) is 11.3 Å². The van der Waals surface area contributed by atoms with Crippen molar-refractivity contribution in [3.8, 4) is 11.4 Å². The summed E-state index contributed by atoms with van der Waals surface area (Å²) >= 11 is 1.72. The molecule has 0 amide bonds. The number of nitrogens with zero attached hydrogens (tertiary/aromatic N) is 5. The third-order valence-corrected chi connectivity index (χ3v) is 5.76. The van der Waals surface area contributed by atoms with E-state index in [4.69, 9.17) is 9.72 Å². The van der Waals surface area contributed by atoms with Crippen LogP contribution in [0.25, 0.3) is 27.1 Å². The lowest BCUT2D eigenvalue weighted by atomic mass is 10.1. The summed E-state index contributed by atoms with van der Waals surface area (Å²) in [6, 6.07) is 10.3. The summed E-state index contributed by atoms with van der Waals surface area (Å²) in [5, 5.41) is 11.1. The molecule has 0 atom stereocenters. The van der Waals surface area contributed by atoms with Crippen molar-refractivity contribution in [1.82, 2.24) is 24.5 Å². The van der Waals surface area contributed by atoms with Crippen LogP contribution in [0.5, 0.6) is 0 Å². The molecular formula is C19H20N6OS. The lowest BCUT2D eigenvalue weighted by molar-refractivity contribution is 0.0398. The number of aromatic nitrogens is 4. The van der Waals surface area contributed by atoms with Crippen LogP contribution in [-0.4, -0.2) is 63.9 Å². The van der Waals surface area contributed by atoms with Crippen molar-refractivity contribution < 1.29 is 4.74 Å². The van der Waals surface area contributed by atoms with Crippen molar-refractivity contribution in [2.45, 2.75) is 0 Å². The molecule has 4 aromatic rings. The lowest BCUT2D eigenvalue weighted by Crippen LogP contribution is -2.39. The van der Waals surface area contributed by atoms with Gasteiger partial charge < -0.3 is 10.1 Å². The molecule has 1 aliphatic rings. The van der Waals surface area contributed by atoms with Gasteiger partial charge in [-0.1, -0.05) is 18.2 Å². The Bertz CT molecular complexity index is 1070. The number of anilines is 1. The van der Waals surface area contributed by atoms with Crippen molar-refractivity contribution in [2.24, 2.45) is 0 Å². The molecule has 0 bridgehead atoms. The molecule has 1 fully saturated rings. The number of hydrogen-bond acceptors (Lipinski definition) is 7. The highest BCUT2D eigenvalue weighted by Gasteiger charge is 2.15. The number of rotatable bonds is 5. The van der Waals surface area contributed by atoms with E-state index in [0.29, 0.717) is 5.95 Å². The summed E-state index contributed by atoms with van der Waals surface area (Å²) in [5.41, 5.74) is 1.88. The molecule has 0 aliphatic carbocycles. The average Bonchev–Trinajstić information content (AvgIpc) is 3.35. The topological polar surface area (TPSA) is 67.6 Å². The van der Waals surface area contributed by atoms with E-state index < -0.39 is 0 Å². The van der Waals surface area contributed by atoms with Gasteiger partial charge in [-0.2, -0.15) is 19.6 Å². The van der Waals surface area contributed by atoms with Crippen LogP contribution in [-0.2, 0) is 4.74 Å². The van der Waals surface area contributed by atoms with E-state index >= 15 is 0 Å². The number of benzene rings is 1. The largest absolute Gasteiger partial charge is 0.379 e. The van der Waals surface area contributed by atoms with Crippen LogP contribution < -0.4 is 5.32 Å². The van der Waals surface area contributed by atoms with Crippen LogP contribution in [0.15, 0.2) is 41.9 Å². The van der Waals surface area contributed by atoms with Crippen LogP contribution in [0.3, 0.4) is 0 Å². The monoisotopic (exact) mass is 380 g/mol. The van der Waals surface area contributed by atoms with Crippen molar-refractivity contribution in [2.75, 3.05) is 44.7 Å². The average molecular weight is 380 g/mol. The zero-order valence-electron chi connectivity index (χ0n) is 14.8. The molecule has 8 heteroatoms. The van der Waals surface area contributed by atoms with Gasteiger partial charge in [0, 0.05) is 53.3 Å². The first-order chi connectivity index (χ1) is 13.4. The quantitative estimate of drug-likeness (QED) is 0.574. The van der Waals surface area contributed by atoms with E-state index in [0.717, 1.165) is 56.4 Å². The first-order valence-electron chi connectivity index (χ1n) is 9.11. The fourth-order valence-corrected chi connectivity index (χ4v) is 4.32. The van der Waals surface area contributed by atoms with Gasteiger partial charge in [-0.3, -0.25) is 4.90 Å². The number of morpholine rings is 1. The molecule has 0 radical (unpaired) electrons. The normalized spacial score (nSPS) is 15.6. The van der Waals surface area contributed by atoms with Gasteiger partial charge in [-0.05, 0) is 6.07 Å². The number of nitrogens with one attached hydrogen (secondary N) is 1. The van der Waals surface area contributed by atoms with Crippen molar-refractivity contribution in [1.29, 1.82) is 0 Å². The molecule has 3 aromatic heterocycles. The van der Waals surface area contributed by atoms with Gasteiger partial charge in [0.1, 0.15) is 0 Å². The number of fused-ring (bicyclic) bond motifs is 2. The molecule has 27 heavy (non-hydrogen) atoms. The van der Waals surface area contributed by atoms with E-state index in [1.54, 1.807) is 17.5 Å². The minimum Gasteiger partial charge on any atom is -0.379 e. The van der Waals surface area contributed by atoms with Crippen LogP contribution in [0.2, 0.25) is 0 Å². The molecule has 5 rings (SSSR count). The van der Waals surface area contributed by atoms with E-state index in [-0.39, 0.29) is 0 Å². The smallest absolute Gasteiger partial charge is 0.226 e. The zero-order chi connectivity index (χ0) is 18.1. The second kappa shape index (κ2) is 7.22. The lowest BCUT2D eigenvalue weighted by Gasteiger charge is -2.26. The molecule has 1 N–H and O–H groups in total. The maximum absolute atomic E-state index is 5.40. The van der Waals surface area contributed by atoms with Crippen LogP contribution in [0, 0.1) is 0 Å². The van der Waals surface area contributed by atoms with Crippen molar-refractivity contribution in [3.05, 3.63) is 41.9 Å². The molecule has 1 aliphatic heterocycles. The van der Waals surface area contributed by atoms with Gasteiger partial charge >= 0.3 is 0 Å². The summed E-state index contributed by atoms with van der Waals surface area (Å²) in [4.78, 5) is 11.8.